The normalized spacial score (nSPS) is 29.9. The number of hydrogen-bond acceptors (Lipinski definition) is 3. The first-order valence-corrected chi connectivity index (χ1v) is 9.33. The van der Waals surface area contributed by atoms with E-state index in [1.807, 2.05) is 21.9 Å². The molecule has 2 saturated heterocycles. The second-order valence-electron chi connectivity index (χ2n) is 6.28. The summed E-state index contributed by atoms with van der Waals surface area (Å²) in [5, 5.41) is 0. The van der Waals surface area contributed by atoms with Crippen molar-refractivity contribution in [3.05, 3.63) is 28.2 Å². The van der Waals surface area contributed by atoms with E-state index in [0.29, 0.717) is 18.7 Å². The number of amides is 2. The predicted octanol–water partition coefficient (Wildman–Crippen LogP) is 2.79. The Morgan fingerprint density at radius 2 is 2.23 bits per heavy atom. The highest BCUT2D eigenvalue weighted by Crippen LogP contribution is 2.48. The third-order valence-corrected chi connectivity index (χ3v) is 6.94. The van der Waals surface area contributed by atoms with Crippen LogP contribution in [0.4, 0.5) is 5.69 Å². The third-order valence-electron chi connectivity index (χ3n) is 4.94. The Bertz CT molecular complexity index is 680. The molecule has 0 radical (unpaired) electrons. The first kappa shape index (κ1) is 14.6. The van der Waals surface area contributed by atoms with Crippen LogP contribution in [0, 0.1) is 0 Å². The summed E-state index contributed by atoms with van der Waals surface area (Å²) >= 11 is 5.23. The van der Waals surface area contributed by atoms with Gasteiger partial charge in [0, 0.05) is 28.9 Å². The molecule has 4 nitrogen and oxygen atoms in total. The van der Waals surface area contributed by atoms with Crippen LogP contribution in [0.15, 0.2) is 22.7 Å². The van der Waals surface area contributed by atoms with E-state index in [1.54, 1.807) is 11.8 Å². The molecule has 2 amide bonds. The van der Waals surface area contributed by atoms with Crippen LogP contribution in [0.3, 0.4) is 0 Å². The molecule has 0 N–H and O–H groups in total. The van der Waals surface area contributed by atoms with Crippen molar-refractivity contribution in [2.75, 3.05) is 17.2 Å². The lowest BCUT2D eigenvalue weighted by Gasteiger charge is -2.32. The van der Waals surface area contributed by atoms with Crippen LogP contribution in [0.1, 0.15) is 25.3 Å². The standard InChI is InChI=1S/C16H17BrN2O2S/c1-16-6-4-14(20)19(16)13(9-22-16)15(21)18-7-5-10-2-3-11(17)8-12(10)18/h2-3,8,13H,4-7,9H2,1H3. The van der Waals surface area contributed by atoms with E-state index in [2.05, 4.69) is 28.9 Å². The summed E-state index contributed by atoms with van der Waals surface area (Å²) in [6.45, 7) is 2.80. The number of nitrogens with zero attached hydrogens (tertiary/aromatic N) is 2. The van der Waals surface area contributed by atoms with Crippen LogP contribution in [-0.4, -0.2) is 39.9 Å². The van der Waals surface area contributed by atoms with Gasteiger partial charge in [0.05, 0.1) is 4.87 Å². The zero-order chi connectivity index (χ0) is 15.5. The van der Waals surface area contributed by atoms with Gasteiger partial charge in [0.25, 0.3) is 5.91 Å². The van der Waals surface area contributed by atoms with Crippen LogP contribution in [-0.2, 0) is 16.0 Å². The summed E-state index contributed by atoms with van der Waals surface area (Å²) in [6, 6.07) is 5.78. The molecule has 6 heteroatoms. The Morgan fingerprint density at radius 1 is 1.41 bits per heavy atom. The summed E-state index contributed by atoms with van der Waals surface area (Å²) in [6.07, 6.45) is 2.30. The largest absolute Gasteiger partial charge is 0.315 e. The molecule has 0 saturated carbocycles. The molecule has 1 aromatic rings. The Hall–Kier alpha value is -1.01. The van der Waals surface area contributed by atoms with Crippen molar-refractivity contribution in [3.8, 4) is 0 Å². The maximum Gasteiger partial charge on any atom is 0.250 e. The van der Waals surface area contributed by atoms with E-state index >= 15 is 0 Å². The zero-order valence-electron chi connectivity index (χ0n) is 12.3. The Labute approximate surface area is 142 Å². The van der Waals surface area contributed by atoms with E-state index in [0.717, 1.165) is 23.0 Å². The molecule has 1 aromatic carbocycles. The van der Waals surface area contributed by atoms with Gasteiger partial charge in [0.1, 0.15) is 6.04 Å². The van der Waals surface area contributed by atoms with E-state index in [-0.39, 0.29) is 22.7 Å². The highest BCUT2D eigenvalue weighted by atomic mass is 79.9. The minimum atomic E-state index is -0.310. The quantitative estimate of drug-likeness (QED) is 0.751. The molecular formula is C16H17BrN2O2S. The highest BCUT2D eigenvalue weighted by molar-refractivity contribution is 9.10. The fourth-order valence-electron chi connectivity index (χ4n) is 3.76. The van der Waals surface area contributed by atoms with Crippen molar-refractivity contribution < 1.29 is 9.59 Å². The van der Waals surface area contributed by atoms with Gasteiger partial charge in [-0.25, -0.2) is 0 Å². The molecule has 2 atom stereocenters. The van der Waals surface area contributed by atoms with Crippen molar-refractivity contribution in [1.29, 1.82) is 0 Å². The highest BCUT2D eigenvalue weighted by Gasteiger charge is 2.54. The van der Waals surface area contributed by atoms with Gasteiger partial charge in [0.2, 0.25) is 5.91 Å². The van der Waals surface area contributed by atoms with Crippen molar-refractivity contribution in [3.63, 3.8) is 0 Å². The van der Waals surface area contributed by atoms with Gasteiger partial charge in [-0.05, 0) is 37.5 Å². The number of rotatable bonds is 1. The van der Waals surface area contributed by atoms with E-state index < -0.39 is 0 Å². The van der Waals surface area contributed by atoms with Gasteiger partial charge in [-0.15, -0.1) is 11.8 Å². The summed E-state index contributed by atoms with van der Waals surface area (Å²) in [5.74, 6) is 0.906. The summed E-state index contributed by atoms with van der Waals surface area (Å²) < 4.78 is 0.980. The van der Waals surface area contributed by atoms with Gasteiger partial charge in [-0.3, -0.25) is 9.59 Å². The predicted molar refractivity (Wildman–Crippen MR) is 90.9 cm³/mol. The lowest BCUT2D eigenvalue weighted by Crippen LogP contribution is -2.51. The molecule has 0 aliphatic carbocycles. The van der Waals surface area contributed by atoms with E-state index in [9.17, 15) is 9.59 Å². The molecule has 3 aliphatic rings. The third kappa shape index (κ3) is 2.03. The number of hydrogen-bond donors (Lipinski definition) is 0. The fourth-order valence-corrected chi connectivity index (χ4v) is 5.54. The number of thioether (sulfide) groups is 1. The molecule has 2 fully saturated rings. The Balaban J connectivity index is 1.64. The summed E-state index contributed by atoms with van der Waals surface area (Å²) in [7, 11) is 0. The van der Waals surface area contributed by atoms with Crippen LogP contribution >= 0.6 is 27.7 Å². The smallest absolute Gasteiger partial charge is 0.250 e. The number of halogens is 1. The molecule has 116 valence electrons. The van der Waals surface area contributed by atoms with Crippen LogP contribution < -0.4 is 4.90 Å². The van der Waals surface area contributed by atoms with Crippen molar-refractivity contribution in [1.82, 2.24) is 4.90 Å². The Kier molecular flexibility index (Phi) is 3.31. The maximum absolute atomic E-state index is 13.1. The Morgan fingerprint density at radius 3 is 3.05 bits per heavy atom. The first-order valence-electron chi connectivity index (χ1n) is 7.55. The SMILES string of the molecule is CC12CCC(=O)N1C(C(=O)N1CCc3ccc(Br)cc31)CS2. The van der Waals surface area contributed by atoms with Gasteiger partial charge in [-0.1, -0.05) is 22.0 Å². The van der Waals surface area contributed by atoms with Gasteiger partial charge >= 0.3 is 0 Å². The van der Waals surface area contributed by atoms with Crippen LogP contribution in [0.25, 0.3) is 0 Å². The van der Waals surface area contributed by atoms with Gasteiger partial charge < -0.3 is 9.80 Å². The van der Waals surface area contributed by atoms with E-state index in [1.165, 1.54) is 5.56 Å². The lowest BCUT2D eigenvalue weighted by atomic mass is 10.1. The molecule has 2 unspecified atom stereocenters. The fraction of sp³-hybridized carbons (Fsp3) is 0.500. The second kappa shape index (κ2) is 4.99. The van der Waals surface area contributed by atoms with Crippen LogP contribution in [0.5, 0.6) is 0 Å². The number of fused-ring (bicyclic) bond motifs is 2. The molecule has 3 aliphatic heterocycles. The van der Waals surface area contributed by atoms with Crippen molar-refractivity contribution in [2.24, 2.45) is 0 Å². The molecule has 3 heterocycles. The van der Waals surface area contributed by atoms with Gasteiger partial charge in [0.15, 0.2) is 0 Å². The summed E-state index contributed by atoms with van der Waals surface area (Å²) in [4.78, 5) is 28.8. The second-order valence-corrected chi connectivity index (χ2v) is 8.70. The minimum absolute atomic E-state index is 0.0725. The molecule has 4 rings (SSSR count). The van der Waals surface area contributed by atoms with Gasteiger partial charge in [-0.2, -0.15) is 0 Å². The average Bonchev–Trinajstić information content (AvgIpc) is 3.12. The number of carbonyl (C=O) groups is 2. The zero-order valence-corrected chi connectivity index (χ0v) is 14.7. The molecule has 0 bridgehead atoms. The number of carbonyl (C=O) groups excluding carboxylic acids is 2. The molecule has 22 heavy (non-hydrogen) atoms. The molecule has 0 spiro atoms. The number of benzene rings is 1. The molecule has 0 aromatic heterocycles. The maximum atomic E-state index is 13.1. The van der Waals surface area contributed by atoms with Crippen molar-refractivity contribution >= 4 is 45.2 Å². The molecular weight excluding hydrogens is 364 g/mol. The lowest BCUT2D eigenvalue weighted by molar-refractivity contribution is -0.136. The monoisotopic (exact) mass is 380 g/mol. The minimum Gasteiger partial charge on any atom is -0.315 e. The first-order chi connectivity index (χ1) is 10.5. The average molecular weight is 381 g/mol. The summed E-state index contributed by atoms with van der Waals surface area (Å²) in [5.41, 5.74) is 2.20. The van der Waals surface area contributed by atoms with Crippen LogP contribution in [0.2, 0.25) is 0 Å². The topological polar surface area (TPSA) is 40.6 Å². The van der Waals surface area contributed by atoms with E-state index in [4.69, 9.17) is 0 Å². The van der Waals surface area contributed by atoms with Crippen molar-refractivity contribution in [2.45, 2.75) is 37.1 Å². The number of anilines is 1.